The van der Waals surface area contributed by atoms with Crippen LogP contribution in [-0.2, 0) is 21.5 Å². The Labute approximate surface area is 190 Å². The Kier molecular flexibility index (Phi) is 6.56. The van der Waals surface area contributed by atoms with Crippen molar-refractivity contribution in [2.75, 3.05) is 0 Å². The first-order valence-electron chi connectivity index (χ1n) is 8.56. The topological polar surface area (TPSA) is 120 Å². The Morgan fingerprint density at radius 1 is 1.39 bits per heavy atom. The Morgan fingerprint density at radius 2 is 2.10 bits per heavy atom. The Hall–Kier alpha value is -2.65. The summed E-state index contributed by atoms with van der Waals surface area (Å²) in [5, 5.41) is 11.4. The van der Waals surface area contributed by atoms with Gasteiger partial charge in [0, 0.05) is 28.9 Å². The molecule has 1 aliphatic rings. The first-order chi connectivity index (χ1) is 14.5. The van der Waals surface area contributed by atoms with Gasteiger partial charge in [0.1, 0.15) is 5.75 Å². The molecule has 0 aliphatic carbocycles. The monoisotopic (exact) mass is 529 g/mol. The van der Waals surface area contributed by atoms with Crippen molar-refractivity contribution in [3.63, 3.8) is 0 Å². The number of rotatable bonds is 5. The average molecular weight is 531 g/mol. The molecule has 1 heterocycles. The Morgan fingerprint density at radius 3 is 2.74 bits per heavy atom. The normalized spacial score (nSPS) is 16.4. The number of amides is 1. The quantitative estimate of drug-likeness (QED) is 0.562. The molecule has 31 heavy (non-hydrogen) atoms. The van der Waals surface area contributed by atoms with Gasteiger partial charge in [0.15, 0.2) is 11.6 Å². The van der Waals surface area contributed by atoms with E-state index in [-0.39, 0.29) is 44.2 Å². The van der Waals surface area contributed by atoms with Crippen molar-refractivity contribution >= 4 is 43.6 Å². The number of nitriles is 1. The summed E-state index contributed by atoms with van der Waals surface area (Å²) in [6, 6.07) is 9.01. The number of hydrogen-bond donors (Lipinski definition) is 2. The van der Waals surface area contributed by atoms with Crippen LogP contribution < -0.4 is 10.1 Å². The lowest BCUT2D eigenvalue weighted by molar-refractivity contribution is -0.119. The number of nitrogens with zero attached hydrogens (tertiary/aromatic N) is 2. The SMILES string of the molecule is CC1=CN(Cc2ccc(Br)c(Oc3cc(Cl)cc(C#N)c3)c2F)C(S(=O)(=O)O)NC1=O. The van der Waals surface area contributed by atoms with Gasteiger partial charge in [-0.25, -0.2) is 4.39 Å². The third-order valence-corrected chi connectivity index (χ3v) is 6.05. The molecule has 1 amide bonds. The van der Waals surface area contributed by atoms with E-state index in [1.807, 2.05) is 6.07 Å². The van der Waals surface area contributed by atoms with Crippen LogP contribution in [0.5, 0.6) is 11.5 Å². The molecule has 0 aromatic heterocycles. The summed E-state index contributed by atoms with van der Waals surface area (Å²) in [5.41, 5.74) is -1.36. The fourth-order valence-electron chi connectivity index (χ4n) is 2.85. The molecule has 0 fully saturated rings. The van der Waals surface area contributed by atoms with Gasteiger partial charge in [-0.15, -0.1) is 0 Å². The minimum Gasteiger partial charge on any atom is -0.453 e. The Balaban J connectivity index is 1.98. The number of carbonyl (C=O) groups excluding carboxylic acids is 1. The van der Waals surface area contributed by atoms with E-state index < -0.39 is 27.3 Å². The predicted molar refractivity (Wildman–Crippen MR) is 113 cm³/mol. The second-order valence-corrected chi connectivity index (χ2v) is 9.33. The fourth-order valence-corrected chi connectivity index (χ4v) is 4.19. The molecule has 0 spiro atoms. The van der Waals surface area contributed by atoms with E-state index in [9.17, 15) is 17.8 Å². The van der Waals surface area contributed by atoms with Crippen molar-refractivity contribution in [1.82, 2.24) is 10.2 Å². The van der Waals surface area contributed by atoms with Crippen LogP contribution in [0.15, 0.2) is 46.6 Å². The maximum atomic E-state index is 15.3. The maximum absolute atomic E-state index is 15.3. The van der Waals surface area contributed by atoms with E-state index >= 15 is 4.39 Å². The van der Waals surface area contributed by atoms with E-state index in [1.165, 1.54) is 43.5 Å². The molecular weight excluding hydrogens is 517 g/mol. The highest BCUT2D eigenvalue weighted by atomic mass is 79.9. The lowest BCUT2D eigenvalue weighted by Crippen LogP contribution is -2.53. The van der Waals surface area contributed by atoms with Crippen LogP contribution in [0.1, 0.15) is 18.1 Å². The van der Waals surface area contributed by atoms with Gasteiger partial charge in [0.05, 0.1) is 16.1 Å². The van der Waals surface area contributed by atoms with Crippen molar-refractivity contribution in [3.8, 4) is 17.6 Å². The second kappa shape index (κ2) is 8.84. The molecule has 1 aliphatic heterocycles. The molecule has 0 saturated carbocycles. The van der Waals surface area contributed by atoms with Crippen molar-refractivity contribution < 1.29 is 26.9 Å². The molecule has 2 aromatic rings. The van der Waals surface area contributed by atoms with Gasteiger partial charge in [-0.3, -0.25) is 9.35 Å². The first kappa shape index (κ1) is 23.0. The second-order valence-electron chi connectivity index (χ2n) is 6.56. The zero-order chi connectivity index (χ0) is 22.9. The molecule has 2 aromatic carbocycles. The summed E-state index contributed by atoms with van der Waals surface area (Å²) < 4.78 is 53.9. The third kappa shape index (κ3) is 5.16. The minimum absolute atomic E-state index is 0.0228. The number of halogens is 3. The molecule has 0 radical (unpaired) electrons. The van der Waals surface area contributed by atoms with Gasteiger partial charge in [-0.05, 0) is 47.1 Å². The number of hydrogen-bond acceptors (Lipinski definition) is 6. The molecule has 8 nitrogen and oxygen atoms in total. The van der Waals surface area contributed by atoms with Crippen molar-refractivity contribution in [2.45, 2.75) is 19.0 Å². The molecule has 3 rings (SSSR count). The predicted octanol–water partition coefficient (Wildman–Crippen LogP) is 3.91. The van der Waals surface area contributed by atoms with Gasteiger partial charge < -0.3 is 15.0 Å². The maximum Gasteiger partial charge on any atom is 0.306 e. The standard InChI is InChI=1S/C19H14BrClFN3O5S/c1-10-8-25(19(24-18(10)26)31(27,28)29)9-12-2-3-15(20)17(16(12)22)30-14-5-11(7-23)4-13(21)6-14/h2-6,8,19H,9H2,1H3,(H,24,26)(H,27,28,29). The third-order valence-electron chi connectivity index (χ3n) is 4.26. The molecule has 0 saturated heterocycles. The van der Waals surface area contributed by atoms with E-state index in [1.54, 1.807) is 0 Å². The summed E-state index contributed by atoms with van der Waals surface area (Å²) in [6.07, 6.45) is 1.22. The van der Waals surface area contributed by atoms with E-state index in [4.69, 9.17) is 21.6 Å². The molecule has 1 atom stereocenters. The average Bonchev–Trinajstić information content (AvgIpc) is 2.68. The Bertz CT molecular complexity index is 1250. The van der Waals surface area contributed by atoms with Gasteiger partial charge in [0.2, 0.25) is 5.50 Å². The zero-order valence-electron chi connectivity index (χ0n) is 15.8. The van der Waals surface area contributed by atoms with Crippen LogP contribution in [0.2, 0.25) is 5.02 Å². The highest BCUT2D eigenvalue weighted by Crippen LogP contribution is 2.36. The zero-order valence-corrected chi connectivity index (χ0v) is 18.9. The van der Waals surface area contributed by atoms with Crippen LogP contribution in [0.3, 0.4) is 0 Å². The highest BCUT2D eigenvalue weighted by Gasteiger charge is 2.34. The number of ether oxygens (including phenoxy) is 1. The van der Waals surface area contributed by atoms with E-state index in [0.717, 1.165) is 4.90 Å². The van der Waals surface area contributed by atoms with E-state index in [2.05, 4.69) is 21.2 Å². The molecular formula is C19H14BrClFN3O5S. The van der Waals surface area contributed by atoms with Gasteiger partial charge in [-0.2, -0.15) is 13.7 Å². The van der Waals surface area contributed by atoms with Gasteiger partial charge in [0.25, 0.3) is 5.91 Å². The van der Waals surface area contributed by atoms with Gasteiger partial charge in [-0.1, -0.05) is 17.7 Å². The van der Waals surface area contributed by atoms with Crippen LogP contribution in [0.25, 0.3) is 0 Å². The summed E-state index contributed by atoms with van der Waals surface area (Å²) in [4.78, 5) is 12.9. The summed E-state index contributed by atoms with van der Waals surface area (Å²) in [7, 11) is -4.70. The van der Waals surface area contributed by atoms with Crippen LogP contribution in [0, 0.1) is 17.1 Å². The highest BCUT2D eigenvalue weighted by molar-refractivity contribution is 9.10. The van der Waals surface area contributed by atoms with Gasteiger partial charge >= 0.3 is 10.1 Å². The number of benzene rings is 2. The van der Waals surface area contributed by atoms with Crippen LogP contribution in [-0.4, -0.2) is 29.3 Å². The van der Waals surface area contributed by atoms with Crippen molar-refractivity contribution in [2.24, 2.45) is 0 Å². The first-order valence-corrected chi connectivity index (χ1v) is 11.2. The smallest absolute Gasteiger partial charge is 0.306 e. The summed E-state index contributed by atoms with van der Waals surface area (Å²) >= 11 is 9.15. The summed E-state index contributed by atoms with van der Waals surface area (Å²) in [6.45, 7) is 1.14. The molecule has 1 unspecified atom stereocenters. The molecule has 0 bridgehead atoms. The lowest BCUT2D eigenvalue weighted by Gasteiger charge is -2.33. The largest absolute Gasteiger partial charge is 0.453 e. The van der Waals surface area contributed by atoms with E-state index in [0.29, 0.717) is 0 Å². The van der Waals surface area contributed by atoms with Crippen LogP contribution in [0.4, 0.5) is 4.39 Å². The lowest BCUT2D eigenvalue weighted by atomic mass is 10.1. The molecule has 2 N–H and O–H groups in total. The summed E-state index contributed by atoms with van der Waals surface area (Å²) in [5.74, 6) is -1.58. The van der Waals surface area contributed by atoms with Crippen LogP contribution >= 0.6 is 27.5 Å². The molecule has 12 heteroatoms. The number of nitrogens with one attached hydrogen (secondary N) is 1. The van der Waals surface area contributed by atoms with Crippen molar-refractivity contribution in [3.05, 3.63) is 68.5 Å². The number of carbonyl (C=O) groups is 1. The van der Waals surface area contributed by atoms with Crippen molar-refractivity contribution in [1.29, 1.82) is 5.26 Å². The molecule has 162 valence electrons. The minimum atomic E-state index is -4.70. The fraction of sp³-hybridized carbons (Fsp3) is 0.158.